The Kier molecular flexibility index (Phi) is 3.06. The standard InChI is InChI=1S/C12H12ClFO/c13-11-7-9(14)4-5-10(11)12(15)6-8-2-1-3-8/h4-5,7-8H,1-3,6H2. The molecule has 1 aliphatic rings. The topological polar surface area (TPSA) is 17.1 Å². The summed E-state index contributed by atoms with van der Waals surface area (Å²) < 4.78 is 12.8. The van der Waals surface area contributed by atoms with Crippen LogP contribution in [0.5, 0.6) is 0 Å². The van der Waals surface area contributed by atoms with Crippen LogP contribution in [0.3, 0.4) is 0 Å². The number of carbonyl (C=O) groups excluding carboxylic acids is 1. The molecule has 0 aliphatic heterocycles. The smallest absolute Gasteiger partial charge is 0.164 e. The van der Waals surface area contributed by atoms with Gasteiger partial charge in [-0.3, -0.25) is 4.79 Å². The molecule has 0 unspecified atom stereocenters. The van der Waals surface area contributed by atoms with Crippen LogP contribution in [0.4, 0.5) is 4.39 Å². The molecule has 0 spiro atoms. The highest BCUT2D eigenvalue weighted by Gasteiger charge is 2.22. The third kappa shape index (κ3) is 2.37. The highest BCUT2D eigenvalue weighted by molar-refractivity contribution is 6.33. The van der Waals surface area contributed by atoms with E-state index in [2.05, 4.69) is 0 Å². The number of Topliss-reactive ketones (excluding diaryl/α,β-unsaturated/α-hetero) is 1. The van der Waals surface area contributed by atoms with Crippen molar-refractivity contribution in [1.29, 1.82) is 0 Å². The van der Waals surface area contributed by atoms with Crippen LogP contribution in [-0.2, 0) is 0 Å². The zero-order valence-electron chi connectivity index (χ0n) is 8.30. The summed E-state index contributed by atoms with van der Waals surface area (Å²) in [4.78, 5) is 11.8. The molecule has 0 amide bonds. The maximum atomic E-state index is 12.8. The average molecular weight is 227 g/mol. The van der Waals surface area contributed by atoms with Gasteiger partial charge < -0.3 is 0 Å². The normalized spacial score (nSPS) is 16.1. The van der Waals surface area contributed by atoms with Crippen molar-refractivity contribution in [3.63, 3.8) is 0 Å². The van der Waals surface area contributed by atoms with Gasteiger partial charge in [-0.15, -0.1) is 0 Å². The van der Waals surface area contributed by atoms with E-state index in [4.69, 9.17) is 11.6 Å². The van der Waals surface area contributed by atoms with Crippen LogP contribution in [0, 0.1) is 11.7 Å². The maximum absolute atomic E-state index is 12.8. The van der Waals surface area contributed by atoms with Crippen LogP contribution in [0.15, 0.2) is 18.2 Å². The zero-order valence-corrected chi connectivity index (χ0v) is 9.06. The van der Waals surface area contributed by atoms with Gasteiger partial charge in [0.15, 0.2) is 5.78 Å². The SMILES string of the molecule is O=C(CC1CCC1)c1ccc(F)cc1Cl. The van der Waals surface area contributed by atoms with Gasteiger partial charge in [-0.1, -0.05) is 30.9 Å². The van der Waals surface area contributed by atoms with Crippen LogP contribution < -0.4 is 0 Å². The van der Waals surface area contributed by atoms with E-state index in [1.165, 1.54) is 24.6 Å². The molecule has 0 saturated heterocycles. The molecule has 0 bridgehead atoms. The van der Waals surface area contributed by atoms with E-state index in [9.17, 15) is 9.18 Å². The lowest BCUT2D eigenvalue weighted by atomic mass is 9.81. The molecule has 3 heteroatoms. The van der Waals surface area contributed by atoms with Gasteiger partial charge in [-0.25, -0.2) is 4.39 Å². The van der Waals surface area contributed by atoms with Gasteiger partial charge in [0.2, 0.25) is 0 Å². The Morgan fingerprint density at radius 3 is 2.73 bits per heavy atom. The maximum Gasteiger partial charge on any atom is 0.164 e. The van der Waals surface area contributed by atoms with Crippen molar-refractivity contribution in [2.45, 2.75) is 25.7 Å². The first-order valence-corrected chi connectivity index (χ1v) is 5.53. The van der Waals surface area contributed by atoms with Gasteiger partial charge in [0.25, 0.3) is 0 Å². The minimum Gasteiger partial charge on any atom is -0.294 e. The Morgan fingerprint density at radius 2 is 2.20 bits per heavy atom. The van der Waals surface area contributed by atoms with Crippen LogP contribution in [0.2, 0.25) is 5.02 Å². The highest BCUT2D eigenvalue weighted by Crippen LogP contribution is 2.31. The van der Waals surface area contributed by atoms with Crippen molar-refractivity contribution in [3.05, 3.63) is 34.6 Å². The molecule has 0 aromatic heterocycles. The van der Waals surface area contributed by atoms with Crippen LogP contribution in [0.1, 0.15) is 36.0 Å². The third-order valence-corrected chi connectivity index (χ3v) is 3.24. The van der Waals surface area contributed by atoms with Crippen LogP contribution in [-0.4, -0.2) is 5.78 Å². The molecule has 0 N–H and O–H groups in total. The van der Waals surface area contributed by atoms with Crippen molar-refractivity contribution in [1.82, 2.24) is 0 Å². The summed E-state index contributed by atoms with van der Waals surface area (Å²) in [5.41, 5.74) is 0.449. The fourth-order valence-corrected chi connectivity index (χ4v) is 2.06. The zero-order chi connectivity index (χ0) is 10.8. The molecular formula is C12H12ClFO. The molecular weight excluding hydrogens is 215 g/mol. The van der Waals surface area contributed by atoms with Gasteiger partial charge in [-0.05, 0) is 24.1 Å². The summed E-state index contributed by atoms with van der Waals surface area (Å²) in [6.45, 7) is 0. The predicted molar refractivity (Wildman–Crippen MR) is 57.7 cm³/mol. The second-order valence-electron chi connectivity index (χ2n) is 4.05. The molecule has 1 aromatic carbocycles. The second-order valence-corrected chi connectivity index (χ2v) is 4.46. The Morgan fingerprint density at radius 1 is 1.47 bits per heavy atom. The summed E-state index contributed by atoms with van der Waals surface area (Å²) >= 11 is 5.81. The van der Waals surface area contributed by atoms with E-state index < -0.39 is 5.82 Å². The lowest BCUT2D eigenvalue weighted by Gasteiger charge is -2.24. The number of benzene rings is 1. The Hall–Kier alpha value is -0.890. The van der Waals surface area contributed by atoms with E-state index in [0.717, 1.165) is 12.8 Å². The molecule has 1 aromatic rings. The number of hydrogen-bond donors (Lipinski definition) is 0. The number of carbonyl (C=O) groups is 1. The summed E-state index contributed by atoms with van der Waals surface area (Å²) in [6, 6.07) is 3.94. The molecule has 0 radical (unpaired) electrons. The number of rotatable bonds is 3. The molecule has 15 heavy (non-hydrogen) atoms. The van der Waals surface area contributed by atoms with Gasteiger partial charge in [0.05, 0.1) is 5.02 Å². The second kappa shape index (κ2) is 4.31. The van der Waals surface area contributed by atoms with Gasteiger partial charge >= 0.3 is 0 Å². The van der Waals surface area contributed by atoms with E-state index in [1.807, 2.05) is 0 Å². The molecule has 1 aliphatic carbocycles. The largest absolute Gasteiger partial charge is 0.294 e. The summed E-state index contributed by atoms with van der Waals surface area (Å²) in [7, 11) is 0. The van der Waals surface area contributed by atoms with E-state index in [0.29, 0.717) is 17.9 Å². The Labute approximate surface area is 93.2 Å². The minimum atomic E-state index is -0.403. The van der Waals surface area contributed by atoms with E-state index in [-0.39, 0.29) is 10.8 Å². The van der Waals surface area contributed by atoms with Crippen LogP contribution >= 0.6 is 11.6 Å². The minimum absolute atomic E-state index is 0.0321. The number of halogens is 2. The lowest BCUT2D eigenvalue weighted by Crippen LogP contribution is -2.16. The van der Waals surface area contributed by atoms with Crippen molar-refractivity contribution in [2.24, 2.45) is 5.92 Å². The molecule has 80 valence electrons. The first kappa shape index (κ1) is 10.6. The van der Waals surface area contributed by atoms with Crippen LogP contribution in [0.25, 0.3) is 0 Å². The van der Waals surface area contributed by atoms with Crippen molar-refractivity contribution < 1.29 is 9.18 Å². The summed E-state index contributed by atoms with van der Waals surface area (Å²) in [5, 5.41) is 0.222. The van der Waals surface area contributed by atoms with Gasteiger partial charge in [0, 0.05) is 12.0 Å². The molecule has 1 saturated carbocycles. The first-order valence-electron chi connectivity index (χ1n) is 5.15. The monoisotopic (exact) mass is 226 g/mol. The van der Waals surface area contributed by atoms with Gasteiger partial charge in [-0.2, -0.15) is 0 Å². The lowest BCUT2D eigenvalue weighted by molar-refractivity contribution is 0.0936. The fourth-order valence-electron chi connectivity index (χ4n) is 1.78. The van der Waals surface area contributed by atoms with Crippen molar-refractivity contribution in [2.75, 3.05) is 0 Å². The van der Waals surface area contributed by atoms with Gasteiger partial charge in [0.1, 0.15) is 5.82 Å². The van der Waals surface area contributed by atoms with Crippen molar-refractivity contribution in [3.8, 4) is 0 Å². The molecule has 0 heterocycles. The van der Waals surface area contributed by atoms with E-state index >= 15 is 0 Å². The Bertz CT molecular complexity index is 385. The highest BCUT2D eigenvalue weighted by atomic mass is 35.5. The molecule has 1 fully saturated rings. The quantitative estimate of drug-likeness (QED) is 0.716. The first-order chi connectivity index (χ1) is 7.16. The predicted octanol–water partition coefficient (Wildman–Crippen LogP) is 3.85. The summed E-state index contributed by atoms with van der Waals surface area (Å²) in [5.74, 6) is 0.142. The van der Waals surface area contributed by atoms with Crippen molar-refractivity contribution >= 4 is 17.4 Å². The number of hydrogen-bond acceptors (Lipinski definition) is 1. The summed E-state index contributed by atoms with van der Waals surface area (Å²) in [6.07, 6.45) is 4.02. The molecule has 1 nitrogen and oxygen atoms in total. The number of ketones is 1. The van der Waals surface area contributed by atoms with E-state index in [1.54, 1.807) is 0 Å². The molecule has 0 atom stereocenters. The molecule has 2 rings (SSSR count). The Balaban J connectivity index is 2.10. The third-order valence-electron chi connectivity index (χ3n) is 2.93. The fraction of sp³-hybridized carbons (Fsp3) is 0.417. The average Bonchev–Trinajstić information content (AvgIpc) is 2.11.